The van der Waals surface area contributed by atoms with Crippen molar-refractivity contribution in [3.63, 3.8) is 0 Å². The van der Waals surface area contributed by atoms with Crippen LogP contribution in [0, 0.1) is 11.7 Å². The van der Waals surface area contributed by atoms with Crippen LogP contribution in [0.2, 0.25) is 0 Å². The quantitative estimate of drug-likeness (QED) is 0.385. The summed E-state index contributed by atoms with van der Waals surface area (Å²) in [6, 6.07) is 19.6. The molecule has 3 N–H and O–H groups in total. The first-order valence-corrected chi connectivity index (χ1v) is 13.0. The number of nitrogens with zero attached hydrogens (tertiary/aromatic N) is 2. The van der Waals surface area contributed by atoms with Gasteiger partial charge in [0.25, 0.3) is 5.91 Å². The summed E-state index contributed by atoms with van der Waals surface area (Å²) in [6.45, 7) is 5.47. The lowest BCUT2D eigenvalue weighted by Crippen LogP contribution is -2.49. The number of hydrogen-bond acceptors (Lipinski definition) is 5. The molecule has 0 aromatic heterocycles. The highest BCUT2D eigenvalue weighted by Crippen LogP contribution is 2.31. The van der Waals surface area contributed by atoms with Gasteiger partial charge in [0.05, 0.1) is 18.2 Å². The van der Waals surface area contributed by atoms with Crippen LogP contribution in [0.3, 0.4) is 0 Å². The van der Waals surface area contributed by atoms with E-state index in [4.69, 9.17) is 4.74 Å². The smallest absolute Gasteiger partial charge is 0.323 e. The Kier molecular flexibility index (Phi) is 9.16. The predicted molar refractivity (Wildman–Crippen MR) is 149 cm³/mol. The summed E-state index contributed by atoms with van der Waals surface area (Å²) >= 11 is 0. The second-order valence-electron chi connectivity index (χ2n) is 10.1. The molecule has 1 aliphatic rings. The zero-order valence-corrected chi connectivity index (χ0v) is 22.4. The molecule has 0 bridgehead atoms. The number of rotatable bonds is 8. The standard InChI is InChI=1S/C30H35FN4O4/c1-20-16-35(21(2)19-36)29(37)26-15-25(33-30(38)32-24-11-9-23(31)10-12-24)13-14-27(26)39-28(20)18-34(3)17-22-7-5-4-6-8-22/h4-15,20-21,28,36H,16-19H2,1-3H3,(H2,32,33,38)/t20-,21+,28+/m1/s1. The van der Waals surface area contributed by atoms with Crippen molar-refractivity contribution in [2.45, 2.75) is 32.5 Å². The zero-order valence-electron chi connectivity index (χ0n) is 22.4. The van der Waals surface area contributed by atoms with Crippen molar-refractivity contribution in [1.29, 1.82) is 0 Å². The van der Waals surface area contributed by atoms with Crippen LogP contribution in [-0.4, -0.2) is 65.7 Å². The Morgan fingerprint density at radius 3 is 2.46 bits per heavy atom. The molecule has 1 aliphatic heterocycles. The SMILES string of the molecule is C[C@@H]1CN([C@@H](C)CO)C(=O)c2cc(NC(=O)Nc3ccc(F)cc3)ccc2O[C@H]1CN(C)Cc1ccccc1. The molecule has 3 atom stereocenters. The monoisotopic (exact) mass is 534 g/mol. The number of amides is 3. The van der Waals surface area contributed by atoms with Crippen LogP contribution in [0.4, 0.5) is 20.6 Å². The molecule has 0 unspecified atom stereocenters. The molecular formula is C30H35FN4O4. The van der Waals surface area contributed by atoms with Crippen molar-refractivity contribution in [3.8, 4) is 5.75 Å². The summed E-state index contributed by atoms with van der Waals surface area (Å²) in [5.41, 5.74) is 2.32. The van der Waals surface area contributed by atoms with Gasteiger partial charge < -0.3 is 25.4 Å². The van der Waals surface area contributed by atoms with Crippen molar-refractivity contribution < 1.29 is 23.8 Å². The molecule has 206 valence electrons. The number of anilines is 2. The normalized spacial score (nSPS) is 18.0. The number of likely N-dealkylation sites (N-methyl/N-ethyl adjacent to an activating group) is 1. The van der Waals surface area contributed by atoms with E-state index in [-0.39, 0.29) is 24.5 Å². The minimum Gasteiger partial charge on any atom is -0.488 e. The Balaban J connectivity index is 1.55. The molecule has 4 rings (SSSR count). The Labute approximate surface area is 228 Å². The number of aliphatic hydroxyl groups is 1. The second-order valence-corrected chi connectivity index (χ2v) is 10.1. The average Bonchev–Trinajstić information content (AvgIpc) is 2.92. The third kappa shape index (κ3) is 7.34. The molecule has 3 amide bonds. The summed E-state index contributed by atoms with van der Waals surface area (Å²) in [7, 11) is 2.04. The molecule has 3 aromatic carbocycles. The van der Waals surface area contributed by atoms with E-state index in [1.165, 1.54) is 29.8 Å². The van der Waals surface area contributed by atoms with Crippen molar-refractivity contribution in [1.82, 2.24) is 9.80 Å². The van der Waals surface area contributed by atoms with Crippen LogP contribution >= 0.6 is 0 Å². The summed E-state index contributed by atoms with van der Waals surface area (Å²) in [6.07, 6.45) is -0.223. The van der Waals surface area contributed by atoms with Gasteiger partial charge in [-0.1, -0.05) is 37.3 Å². The highest BCUT2D eigenvalue weighted by Gasteiger charge is 2.33. The average molecular weight is 535 g/mol. The van der Waals surface area contributed by atoms with Crippen molar-refractivity contribution in [2.24, 2.45) is 5.92 Å². The van der Waals surface area contributed by atoms with E-state index in [2.05, 4.69) is 27.7 Å². The van der Waals surface area contributed by atoms with E-state index in [1.807, 2.05) is 39.1 Å². The molecule has 1 heterocycles. The van der Waals surface area contributed by atoms with Gasteiger partial charge in [-0.05, 0) is 62.0 Å². The molecule has 0 fully saturated rings. The molecule has 0 saturated heterocycles. The topological polar surface area (TPSA) is 94.1 Å². The van der Waals surface area contributed by atoms with Crippen LogP contribution in [0.5, 0.6) is 5.75 Å². The number of fused-ring (bicyclic) bond motifs is 1. The van der Waals surface area contributed by atoms with E-state index in [0.29, 0.717) is 35.8 Å². The first-order chi connectivity index (χ1) is 18.7. The number of carbonyl (C=O) groups excluding carboxylic acids is 2. The molecular weight excluding hydrogens is 499 g/mol. The van der Waals surface area contributed by atoms with E-state index in [9.17, 15) is 19.1 Å². The number of benzene rings is 3. The third-order valence-corrected chi connectivity index (χ3v) is 6.81. The number of nitrogens with one attached hydrogen (secondary N) is 2. The lowest BCUT2D eigenvalue weighted by molar-refractivity contribution is 0.0341. The number of carbonyl (C=O) groups is 2. The zero-order chi connectivity index (χ0) is 27.9. The van der Waals surface area contributed by atoms with Crippen LogP contribution < -0.4 is 15.4 Å². The Morgan fingerprint density at radius 2 is 1.77 bits per heavy atom. The summed E-state index contributed by atoms with van der Waals surface area (Å²) < 4.78 is 19.6. The fourth-order valence-electron chi connectivity index (χ4n) is 4.61. The summed E-state index contributed by atoms with van der Waals surface area (Å²) in [4.78, 5) is 30.0. The van der Waals surface area contributed by atoms with Gasteiger partial charge >= 0.3 is 6.03 Å². The van der Waals surface area contributed by atoms with Gasteiger partial charge in [-0.25, -0.2) is 9.18 Å². The first-order valence-electron chi connectivity index (χ1n) is 13.0. The molecule has 0 aliphatic carbocycles. The fraction of sp³-hybridized carbons (Fsp3) is 0.333. The van der Waals surface area contributed by atoms with Crippen molar-refractivity contribution in [3.05, 3.63) is 89.7 Å². The maximum Gasteiger partial charge on any atom is 0.323 e. The van der Waals surface area contributed by atoms with Gasteiger partial charge in [0.1, 0.15) is 17.7 Å². The van der Waals surface area contributed by atoms with Gasteiger partial charge in [-0.2, -0.15) is 0 Å². The Morgan fingerprint density at radius 1 is 1.10 bits per heavy atom. The number of urea groups is 1. The maximum absolute atomic E-state index is 13.6. The summed E-state index contributed by atoms with van der Waals surface area (Å²) in [5, 5.41) is 15.2. The van der Waals surface area contributed by atoms with Crippen LogP contribution in [0.25, 0.3) is 0 Å². The first kappa shape index (κ1) is 28.1. The van der Waals surface area contributed by atoms with Gasteiger partial charge in [0, 0.05) is 36.9 Å². The second kappa shape index (κ2) is 12.7. The Bertz CT molecular complexity index is 1270. The van der Waals surface area contributed by atoms with Gasteiger partial charge in [0.2, 0.25) is 0 Å². The number of aliphatic hydroxyl groups excluding tert-OH is 1. The fourth-order valence-corrected chi connectivity index (χ4v) is 4.61. The number of hydrogen-bond donors (Lipinski definition) is 3. The lowest BCUT2D eigenvalue weighted by Gasteiger charge is -2.38. The molecule has 0 radical (unpaired) electrons. The third-order valence-electron chi connectivity index (χ3n) is 6.81. The van der Waals surface area contributed by atoms with Gasteiger partial charge in [-0.3, -0.25) is 9.69 Å². The lowest BCUT2D eigenvalue weighted by atomic mass is 9.99. The molecule has 0 spiro atoms. The van der Waals surface area contributed by atoms with Crippen LogP contribution in [0.1, 0.15) is 29.8 Å². The minimum atomic E-state index is -0.532. The van der Waals surface area contributed by atoms with E-state index in [1.54, 1.807) is 23.1 Å². The number of ether oxygens (including phenoxy) is 1. The van der Waals surface area contributed by atoms with Gasteiger partial charge in [0.15, 0.2) is 0 Å². The van der Waals surface area contributed by atoms with Gasteiger partial charge in [-0.15, -0.1) is 0 Å². The van der Waals surface area contributed by atoms with E-state index < -0.39 is 17.9 Å². The van der Waals surface area contributed by atoms with E-state index >= 15 is 0 Å². The van der Waals surface area contributed by atoms with E-state index in [0.717, 1.165) is 6.54 Å². The molecule has 9 heteroatoms. The van der Waals surface area contributed by atoms with Crippen molar-refractivity contribution in [2.75, 3.05) is 37.4 Å². The predicted octanol–water partition coefficient (Wildman–Crippen LogP) is 4.82. The highest BCUT2D eigenvalue weighted by molar-refractivity contribution is 6.02. The summed E-state index contributed by atoms with van der Waals surface area (Å²) in [5.74, 6) is -0.267. The van der Waals surface area contributed by atoms with Crippen molar-refractivity contribution >= 4 is 23.3 Å². The Hall–Kier alpha value is -3.95. The maximum atomic E-state index is 13.6. The molecule has 0 saturated carbocycles. The largest absolute Gasteiger partial charge is 0.488 e. The highest BCUT2D eigenvalue weighted by atomic mass is 19.1. The number of halogens is 1. The molecule has 8 nitrogen and oxygen atoms in total. The molecule has 39 heavy (non-hydrogen) atoms. The molecule has 3 aromatic rings. The van der Waals surface area contributed by atoms with Crippen LogP contribution in [-0.2, 0) is 6.54 Å². The van der Waals surface area contributed by atoms with Crippen LogP contribution in [0.15, 0.2) is 72.8 Å². The minimum absolute atomic E-state index is 0.00591.